The Kier molecular flexibility index (Phi) is 8.75. The van der Waals surface area contributed by atoms with Crippen molar-refractivity contribution in [2.75, 3.05) is 6.54 Å². The first kappa shape index (κ1) is 27.8. The van der Waals surface area contributed by atoms with E-state index in [9.17, 15) is 27.6 Å². The number of nitrogen functional groups attached to an aromatic ring is 1. The summed E-state index contributed by atoms with van der Waals surface area (Å²) in [5.41, 5.74) is 7.88. The van der Waals surface area contributed by atoms with Gasteiger partial charge in [0, 0.05) is 42.4 Å². The topological polar surface area (TPSA) is 192 Å². The number of fused-ring (bicyclic) bond motifs is 1. The number of alkyl halides is 3. The SMILES string of the molecule is C[C@H](NC(=O)c1ccc(C(=N)N)cc1)C(=O)N1CCc2nn(CC(=O)O)cc2C1.O=C(O)C(F)(F)F. The number of nitrogens with two attached hydrogens (primary N) is 1. The van der Waals surface area contributed by atoms with Crippen LogP contribution >= 0.6 is 0 Å². The molecule has 0 bridgehead atoms. The number of aromatic nitrogens is 2. The lowest BCUT2D eigenvalue weighted by Crippen LogP contribution is -2.48. The molecule has 2 amide bonds. The maximum atomic E-state index is 12.7. The molecule has 6 N–H and O–H groups in total. The molecule has 12 nitrogen and oxygen atoms in total. The lowest BCUT2D eigenvalue weighted by Gasteiger charge is -2.29. The molecule has 194 valence electrons. The molecule has 2 heterocycles. The van der Waals surface area contributed by atoms with Crippen molar-refractivity contribution in [3.63, 3.8) is 0 Å². The highest BCUT2D eigenvalue weighted by Crippen LogP contribution is 2.18. The number of aliphatic carboxylic acids is 2. The minimum absolute atomic E-state index is 0.0864. The average molecular weight is 512 g/mol. The molecule has 1 aromatic carbocycles. The molecule has 3 rings (SSSR count). The predicted molar refractivity (Wildman–Crippen MR) is 117 cm³/mol. The molecule has 0 fully saturated rings. The van der Waals surface area contributed by atoms with Gasteiger partial charge in [-0.25, -0.2) is 4.79 Å². The number of rotatable bonds is 6. The van der Waals surface area contributed by atoms with Gasteiger partial charge in [-0.1, -0.05) is 12.1 Å². The molecule has 1 aliphatic rings. The first-order valence-corrected chi connectivity index (χ1v) is 10.3. The number of carbonyl (C=O) groups excluding carboxylic acids is 2. The largest absolute Gasteiger partial charge is 0.490 e. The van der Waals surface area contributed by atoms with E-state index in [2.05, 4.69) is 10.4 Å². The van der Waals surface area contributed by atoms with Gasteiger partial charge in [0.2, 0.25) is 5.91 Å². The van der Waals surface area contributed by atoms with Gasteiger partial charge in [-0.05, 0) is 19.1 Å². The van der Waals surface area contributed by atoms with Crippen LogP contribution in [0.2, 0.25) is 0 Å². The number of nitrogens with zero attached hydrogens (tertiary/aromatic N) is 3. The Hall–Kier alpha value is -4.43. The standard InChI is InChI=1S/C19H22N6O4.C2HF3O2/c1-11(22-18(28)13-4-2-12(3-5-13)17(20)21)19(29)24-7-6-15-14(8-24)9-25(23-15)10-16(26)27;3-2(4,5)1(6)7/h2-5,9,11H,6-8,10H2,1H3,(H3,20,21)(H,22,28)(H,26,27);(H,6,7)/t11-;/m0./s1. The van der Waals surface area contributed by atoms with E-state index in [-0.39, 0.29) is 18.3 Å². The molecule has 0 saturated carbocycles. The van der Waals surface area contributed by atoms with E-state index >= 15 is 0 Å². The summed E-state index contributed by atoms with van der Waals surface area (Å²) < 4.78 is 33.1. The van der Waals surface area contributed by atoms with E-state index in [0.29, 0.717) is 30.6 Å². The number of amides is 2. The van der Waals surface area contributed by atoms with E-state index in [1.165, 1.54) is 4.68 Å². The van der Waals surface area contributed by atoms with Gasteiger partial charge < -0.3 is 26.2 Å². The van der Waals surface area contributed by atoms with Crippen LogP contribution < -0.4 is 11.1 Å². The van der Waals surface area contributed by atoms with Crippen molar-refractivity contribution in [3.05, 3.63) is 52.8 Å². The first-order valence-electron chi connectivity index (χ1n) is 10.3. The second-order valence-corrected chi connectivity index (χ2v) is 7.69. The van der Waals surface area contributed by atoms with Gasteiger partial charge in [-0.2, -0.15) is 18.3 Å². The maximum absolute atomic E-state index is 12.7. The van der Waals surface area contributed by atoms with Crippen LogP contribution in [0.1, 0.15) is 34.1 Å². The average Bonchev–Trinajstić information content (AvgIpc) is 3.18. The van der Waals surface area contributed by atoms with E-state index < -0.39 is 30.1 Å². The maximum Gasteiger partial charge on any atom is 0.490 e. The lowest BCUT2D eigenvalue weighted by molar-refractivity contribution is -0.192. The molecule has 1 atom stereocenters. The molecule has 0 aliphatic carbocycles. The zero-order valence-corrected chi connectivity index (χ0v) is 18.9. The van der Waals surface area contributed by atoms with Crippen molar-refractivity contribution in [2.45, 2.75) is 38.7 Å². The van der Waals surface area contributed by atoms with Gasteiger partial charge in [0.25, 0.3) is 5.91 Å². The number of carboxylic acid groups (broad SMARTS) is 2. The Labute approximate surface area is 202 Å². The summed E-state index contributed by atoms with van der Waals surface area (Å²) in [6.07, 6.45) is -2.91. The lowest BCUT2D eigenvalue weighted by atomic mass is 10.1. The molecule has 0 radical (unpaired) electrons. The van der Waals surface area contributed by atoms with E-state index in [4.69, 9.17) is 26.2 Å². The third kappa shape index (κ3) is 7.54. The predicted octanol–water partition coefficient (Wildman–Crippen LogP) is 0.588. The molecule has 1 aliphatic heterocycles. The Morgan fingerprint density at radius 3 is 2.22 bits per heavy atom. The number of halogens is 3. The van der Waals surface area contributed by atoms with Crippen LogP contribution in [0, 0.1) is 5.41 Å². The third-order valence-electron chi connectivity index (χ3n) is 4.93. The van der Waals surface area contributed by atoms with Gasteiger partial charge in [0.15, 0.2) is 0 Å². The second-order valence-electron chi connectivity index (χ2n) is 7.69. The minimum atomic E-state index is -5.08. The minimum Gasteiger partial charge on any atom is -0.480 e. The summed E-state index contributed by atoms with van der Waals surface area (Å²) >= 11 is 0. The summed E-state index contributed by atoms with van der Waals surface area (Å²) in [6, 6.07) is 5.52. The molecule has 0 saturated heterocycles. The van der Waals surface area contributed by atoms with E-state index in [0.717, 1.165) is 11.3 Å². The van der Waals surface area contributed by atoms with Gasteiger partial charge in [0.1, 0.15) is 18.4 Å². The van der Waals surface area contributed by atoms with Crippen molar-refractivity contribution in [1.82, 2.24) is 20.0 Å². The Bertz CT molecular complexity index is 1160. The van der Waals surface area contributed by atoms with Crippen LogP contribution in [0.15, 0.2) is 30.5 Å². The molecule has 15 heteroatoms. The van der Waals surface area contributed by atoms with Crippen molar-refractivity contribution in [2.24, 2.45) is 5.73 Å². The molecule has 0 unspecified atom stereocenters. The summed E-state index contributed by atoms with van der Waals surface area (Å²) in [7, 11) is 0. The number of hydrogen-bond acceptors (Lipinski definition) is 6. The van der Waals surface area contributed by atoms with Gasteiger partial charge in [-0.3, -0.25) is 24.5 Å². The molecule has 36 heavy (non-hydrogen) atoms. The van der Waals surface area contributed by atoms with Gasteiger partial charge >= 0.3 is 18.1 Å². The number of nitrogens with one attached hydrogen (secondary N) is 2. The number of carbonyl (C=O) groups is 4. The first-order chi connectivity index (χ1) is 16.7. The summed E-state index contributed by atoms with van der Waals surface area (Å²) in [6.45, 7) is 2.16. The van der Waals surface area contributed by atoms with Crippen molar-refractivity contribution >= 4 is 29.6 Å². The number of benzene rings is 1. The van der Waals surface area contributed by atoms with Crippen LogP contribution in [0.4, 0.5) is 13.2 Å². The second kappa shape index (κ2) is 11.3. The van der Waals surface area contributed by atoms with Crippen LogP contribution in [0.25, 0.3) is 0 Å². The molecule has 1 aromatic heterocycles. The van der Waals surface area contributed by atoms with Crippen molar-refractivity contribution in [1.29, 1.82) is 5.41 Å². The van der Waals surface area contributed by atoms with Crippen molar-refractivity contribution < 1.29 is 42.6 Å². The van der Waals surface area contributed by atoms with E-state index in [1.807, 2.05) is 0 Å². The fourth-order valence-electron chi connectivity index (χ4n) is 3.20. The zero-order valence-electron chi connectivity index (χ0n) is 18.9. The van der Waals surface area contributed by atoms with E-state index in [1.54, 1.807) is 42.3 Å². The number of amidine groups is 1. The Morgan fingerprint density at radius 1 is 1.17 bits per heavy atom. The van der Waals surface area contributed by atoms with Crippen LogP contribution in [-0.2, 0) is 33.9 Å². The molecular formula is C21H23F3N6O6. The molecule has 2 aromatic rings. The summed E-state index contributed by atoms with van der Waals surface area (Å²) in [5.74, 6) is -4.45. The van der Waals surface area contributed by atoms with Gasteiger partial charge in [-0.15, -0.1) is 0 Å². The summed E-state index contributed by atoms with van der Waals surface area (Å²) in [5, 5.41) is 30.3. The number of hydrogen-bond donors (Lipinski definition) is 5. The zero-order chi connectivity index (χ0) is 27.2. The highest BCUT2D eigenvalue weighted by molar-refractivity contribution is 5.99. The van der Waals surface area contributed by atoms with Crippen LogP contribution in [0.3, 0.4) is 0 Å². The highest BCUT2D eigenvalue weighted by Gasteiger charge is 2.38. The smallest absolute Gasteiger partial charge is 0.480 e. The fraction of sp³-hybridized carbons (Fsp3) is 0.333. The quantitative estimate of drug-likeness (QED) is 0.274. The molecule has 0 spiro atoms. The molecular weight excluding hydrogens is 489 g/mol. The fourth-order valence-corrected chi connectivity index (χ4v) is 3.20. The van der Waals surface area contributed by atoms with Crippen LogP contribution in [0.5, 0.6) is 0 Å². The summed E-state index contributed by atoms with van der Waals surface area (Å²) in [4.78, 5) is 46.5. The van der Waals surface area contributed by atoms with Crippen molar-refractivity contribution in [3.8, 4) is 0 Å². The monoisotopic (exact) mass is 512 g/mol. The highest BCUT2D eigenvalue weighted by atomic mass is 19.4. The third-order valence-corrected chi connectivity index (χ3v) is 4.93. The Morgan fingerprint density at radius 2 is 1.72 bits per heavy atom. The Balaban J connectivity index is 0.000000572. The van der Waals surface area contributed by atoms with Crippen LogP contribution in [-0.4, -0.2) is 73.2 Å². The van der Waals surface area contributed by atoms with Gasteiger partial charge in [0.05, 0.1) is 5.69 Å². The normalized spacial score (nSPS) is 13.5. The number of carboxylic acids is 2.